The van der Waals surface area contributed by atoms with Crippen LogP contribution >= 0.6 is 11.6 Å². The normalized spacial score (nSPS) is 18.4. The van der Waals surface area contributed by atoms with E-state index in [4.69, 9.17) is 16.3 Å². The summed E-state index contributed by atoms with van der Waals surface area (Å²) in [5.74, 6) is -0.208. The average Bonchev–Trinajstić information content (AvgIpc) is 2.95. The predicted molar refractivity (Wildman–Crippen MR) is 82.2 cm³/mol. The molecule has 0 bridgehead atoms. The van der Waals surface area contributed by atoms with E-state index in [1.807, 2.05) is 6.07 Å². The zero-order valence-corrected chi connectivity index (χ0v) is 13.0. The topological polar surface area (TPSA) is 58.6 Å². The Morgan fingerprint density at radius 1 is 1.48 bits per heavy atom. The maximum atomic E-state index is 12.2. The van der Waals surface area contributed by atoms with Gasteiger partial charge in [-0.1, -0.05) is 36.6 Å². The van der Waals surface area contributed by atoms with Crippen molar-refractivity contribution >= 4 is 17.6 Å². The molecule has 1 saturated carbocycles. The quantitative estimate of drug-likeness (QED) is 0.793. The van der Waals surface area contributed by atoms with Crippen molar-refractivity contribution in [2.75, 3.05) is 13.2 Å². The van der Waals surface area contributed by atoms with Crippen LogP contribution in [0.5, 0.6) is 0 Å². The summed E-state index contributed by atoms with van der Waals surface area (Å²) < 4.78 is 5.18. The molecule has 0 aliphatic heterocycles. The van der Waals surface area contributed by atoms with E-state index in [1.54, 1.807) is 25.1 Å². The highest BCUT2D eigenvalue weighted by molar-refractivity contribution is 6.30. The summed E-state index contributed by atoms with van der Waals surface area (Å²) in [6, 6.07) is 7.13. The molecule has 1 aliphatic carbocycles. The first-order valence-corrected chi connectivity index (χ1v) is 7.81. The van der Waals surface area contributed by atoms with Crippen LogP contribution in [-0.4, -0.2) is 29.8 Å². The third-order valence-electron chi connectivity index (χ3n) is 3.99. The van der Waals surface area contributed by atoms with Crippen LogP contribution in [0, 0.1) is 0 Å². The van der Waals surface area contributed by atoms with E-state index in [0.29, 0.717) is 18.2 Å². The summed E-state index contributed by atoms with van der Waals surface area (Å²) in [6.07, 6.45) is 2.82. The van der Waals surface area contributed by atoms with Crippen LogP contribution in [0.25, 0.3) is 0 Å². The van der Waals surface area contributed by atoms with Gasteiger partial charge in [-0.25, -0.2) is 0 Å². The zero-order valence-electron chi connectivity index (χ0n) is 12.3. The number of hydrogen-bond donors (Lipinski definition) is 2. The van der Waals surface area contributed by atoms with E-state index in [1.165, 1.54) is 0 Å². The number of carbonyl (C=O) groups excluding carboxylic acids is 1. The highest BCUT2D eigenvalue weighted by atomic mass is 35.5. The number of β-amino-alcohol motifs (C(OH)–C–C–N with tert-alkyl or cyclic N) is 1. The Bertz CT molecular complexity index is 486. The Morgan fingerprint density at radius 3 is 2.81 bits per heavy atom. The van der Waals surface area contributed by atoms with Crippen LogP contribution in [0.15, 0.2) is 24.3 Å². The molecule has 1 aliphatic rings. The Labute approximate surface area is 130 Å². The van der Waals surface area contributed by atoms with E-state index >= 15 is 0 Å². The number of nitrogens with one attached hydrogen (secondary N) is 1. The van der Waals surface area contributed by atoms with Crippen LogP contribution in [-0.2, 0) is 9.53 Å². The summed E-state index contributed by atoms with van der Waals surface area (Å²) in [4.78, 5) is 12.2. The molecule has 1 aromatic carbocycles. The highest BCUT2D eigenvalue weighted by Gasteiger charge is 2.42. The van der Waals surface area contributed by atoms with Crippen molar-refractivity contribution in [2.45, 2.75) is 44.2 Å². The molecule has 2 N–H and O–H groups in total. The van der Waals surface area contributed by atoms with Crippen molar-refractivity contribution < 1.29 is 14.6 Å². The summed E-state index contributed by atoms with van der Waals surface area (Å²) in [7, 11) is 0. The lowest BCUT2D eigenvalue weighted by Gasteiger charge is -2.29. The molecule has 116 valence electrons. The SMILES string of the molecule is CCOC(=O)C1(NCC(O)c2cccc(Cl)c2)CCCC1. The number of hydrogen-bond acceptors (Lipinski definition) is 4. The number of halogens is 1. The van der Waals surface area contributed by atoms with Crippen LogP contribution in [0.1, 0.15) is 44.3 Å². The van der Waals surface area contributed by atoms with Crippen LogP contribution in [0.3, 0.4) is 0 Å². The van der Waals surface area contributed by atoms with Gasteiger partial charge in [0.1, 0.15) is 5.54 Å². The molecule has 5 heteroatoms. The molecular weight excluding hydrogens is 290 g/mol. The number of esters is 1. The van der Waals surface area contributed by atoms with Gasteiger partial charge < -0.3 is 9.84 Å². The summed E-state index contributed by atoms with van der Waals surface area (Å²) in [5, 5.41) is 14.1. The largest absolute Gasteiger partial charge is 0.465 e. The molecule has 0 spiro atoms. The molecule has 0 amide bonds. The van der Waals surface area contributed by atoms with Crippen molar-refractivity contribution in [3.63, 3.8) is 0 Å². The van der Waals surface area contributed by atoms with Gasteiger partial charge >= 0.3 is 5.97 Å². The smallest absolute Gasteiger partial charge is 0.326 e. The highest BCUT2D eigenvalue weighted by Crippen LogP contribution is 2.31. The van der Waals surface area contributed by atoms with E-state index in [2.05, 4.69) is 5.32 Å². The Balaban J connectivity index is 2.00. The first-order valence-electron chi connectivity index (χ1n) is 7.43. The number of benzene rings is 1. The fourth-order valence-electron chi connectivity index (χ4n) is 2.82. The van der Waals surface area contributed by atoms with E-state index < -0.39 is 11.6 Å². The van der Waals surface area contributed by atoms with Gasteiger partial charge in [0.05, 0.1) is 12.7 Å². The number of ether oxygens (including phenoxy) is 1. The van der Waals surface area contributed by atoms with E-state index in [-0.39, 0.29) is 5.97 Å². The Morgan fingerprint density at radius 2 is 2.19 bits per heavy atom. The van der Waals surface area contributed by atoms with Gasteiger partial charge in [-0.3, -0.25) is 10.1 Å². The van der Waals surface area contributed by atoms with Crippen molar-refractivity contribution in [3.05, 3.63) is 34.9 Å². The predicted octanol–water partition coefficient (Wildman–Crippen LogP) is 2.84. The van der Waals surface area contributed by atoms with Gasteiger partial charge in [0.2, 0.25) is 0 Å². The first kappa shape index (κ1) is 16.3. The summed E-state index contributed by atoms with van der Waals surface area (Å²) in [6.45, 7) is 2.49. The minimum atomic E-state index is -0.699. The minimum absolute atomic E-state index is 0.208. The van der Waals surface area contributed by atoms with Crippen molar-refractivity contribution in [1.82, 2.24) is 5.32 Å². The molecule has 2 rings (SSSR count). The van der Waals surface area contributed by atoms with Gasteiger partial charge in [0.15, 0.2) is 0 Å². The molecule has 1 atom stereocenters. The van der Waals surface area contributed by atoms with Crippen molar-refractivity contribution in [2.24, 2.45) is 0 Å². The van der Waals surface area contributed by atoms with Crippen molar-refractivity contribution in [1.29, 1.82) is 0 Å². The lowest BCUT2D eigenvalue weighted by atomic mass is 9.97. The molecular formula is C16H22ClNO3. The number of carbonyl (C=O) groups is 1. The van der Waals surface area contributed by atoms with Crippen LogP contribution < -0.4 is 5.32 Å². The van der Waals surface area contributed by atoms with Crippen LogP contribution in [0.2, 0.25) is 5.02 Å². The maximum absolute atomic E-state index is 12.2. The molecule has 21 heavy (non-hydrogen) atoms. The first-order chi connectivity index (χ1) is 10.1. The van der Waals surface area contributed by atoms with Gasteiger partial charge in [-0.05, 0) is 37.5 Å². The standard InChI is InChI=1S/C16H22ClNO3/c1-2-21-15(20)16(8-3-4-9-16)18-11-14(19)12-6-5-7-13(17)10-12/h5-7,10,14,18-19H,2-4,8-9,11H2,1H3. The van der Waals surface area contributed by atoms with Crippen molar-refractivity contribution in [3.8, 4) is 0 Å². The molecule has 1 aromatic rings. The number of aliphatic hydroxyl groups is 1. The van der Waals surface area contributed by atoms with E-state index in [0.717, 1.165) is 31.2 Å². The second-order valence-corrected chi connectivity index (χ2v) is 5.90. The van der Waals surface area contributed by atoms with E-state index in [9.17, 15) is 9.90 Å². The fraction of sp³-hybridized carbons (Fsp3) is 0.562. The zero-order chi connectivity index (χ0) is 15.3. The Kier molecular flexibility index (Phi) is 5.62. The lowest BCUT2D eigenvalue weighted by molar-refractivity contribution is -0.151. The number of aliphatic hydroxyl groups excluding tert-OH is 1. The van der Waals surface area contributed by atoms with Gasteiger partial charge in [-0.15, -0.1) is 0 Å². The maximum Gasteiger partial charge on any atom is 0.326 e. The Hall–Kier alpha value is -1.10. The molecule has 0 heterocycles. The molecule has 1 unspecified atom stereocenters. The van der Waals surface area contributed by atoms with Gasteiger partial charge in [0, 0.05) is 11.6 Å². The average molecular weight is 312 g/mol. The minimum Gasteiger partial charge on any atom is -0.465 e. The molecule has 4 nitrogen and oxygen atoms in total. The third kappa shape index (κ3) is 3.96. The molecule has 0 radical (unpaired) electrons. The number of rotatable bonds is 6. The second kappa shape index (κ2) is 7.25. The van der Waals surface area contributed by atoms with Crippen LogP contribution in [0.4, 0.5) is 0 Å². The monoisotopic (exact) mass is 311 g/mol. The second-order valence-electron chi connectivity index (χ2n) is 5.46. The molecule has 0 saturated heterocycles. The third-order valence-corrected chi connectivity index (χ3v) is 4.23. The van der Waals surface area contributed by atoms with Gasteiger partial charge in [0.25, 0.3) is 0 Å². The molecule has 1 fully saturated rings. The summed E-state index contributed by atoms with van der Waals surface area (Å²) in [5.41, 5.74) is 0.0993. The molecule has 0 aromatic heterocycles. The fourth-order valence-corrected chi connectivity index (χ4v) is 3.02. The lowest BCUT2D eigenvalue weighted by Crippen LogP contribution is -2.52. The summed E-state index contributed by atoms with van der Waals surface area (Å²) >= 11 is 5.93. The van der Waals surface area contributed by atoms with Gasteiger partial charge in [-0.2, -0.15) is 0 Å².